The van der Waals surface area contributed by atoms with Crippen LogP contribution in [0.25, 0.3) is 43.7 Å². The first kappa shape index (κ1) is 34.6. The van der Waals surface area contributed by atoms with Crippen molar-refractivity contribution in [2.45, 2.75) is 55.9 Å². The van der Waals surface area contributed by atoms with Crippen LogP contribution < -0.4 is 9.64 Å². The lowest BCUT2D eigenvalue weighted by atomic mass is 9.91. The number of piperazine rings is 1. The number of hydrogen-bond acceptors (Lipinski definition) is 9. The maximum absolute atomic E-state index is 17.7. The number of carbonyl (C=O) groups is 1. The van der Waals surface area contributed by atoms with Crippen molar-refractivity contribution >= 4 is 44.3 Å². The first-order valence-electron chi connectivity index (χ1n) is 18.5. The largest absolute Gasteiger partial charge is 0.508 e. The molecule has 2 bridgehead atoms. The Morgan fingerprint density at radius 3 is 2.63 bits per heavy atom. The molecule has 3 aromatic carbocycles. The molecule has 9 rings (SSSR count). The molecule has 4 fully saturated rings. The molecule has 14 heteroatoms. The standard InChI is InChI=1S/C40H41F3N8O3/c1-5-27-30(42)10-7-22-13-26(52)14-28(32(22)27)33-35(43)37-34(29-19-48(4)46-36(29)33)38(49-17-24-8-9-25(18-49)51(24)20-31(53)47(2)3)45-39(44-37)54-21-40-11-6-12-50(40)16-23(41)15-40/h1,7,10,13-14,19,23-25,52H,6,8-9,11-12,15-18,20-21H2,2-4H3/t23-,24-,25+,40+/m1/s1. The molecule has 280 valence electrons. The Morgan fingerprint density at radius 1 is 1.11 bits per heavy atom. The zero-order valence-corrected chi connectivity index (χ0v) is 30.4. The van der Waals surface area contributed by atoms with Crippen LogP contribution in [-0.2, 0) is 11.8 Å². The Labute approximate surface area is 310 Å². The lowest BCUT2D eigenvalue weighted by Crippen LogP contribution is -2.56. The number of halogens is 3. The van der Waals surface area contributed by atoms with Crippen LogP contribution in [0.15, 0.2) is 30.5 Å². The van der Waals surface area contributed by atoms with E-state index in [0.717, 1.165) is 32.2 Å². The highest BCUT2D eigenvalue weighted by Gasteiger charge is 2.49. The van der Waals surface area contributed by atoms with E-state index in [2.05, 4.69) is 20.6 Å². The predicted octanol–water partition coefficient (Wildman–Crippen LogP) is 5.00. The van der Waals surface area contributed by atoms with Crippen molar-refractivity contribution in [3.05, 3.63) is 47.7 Å². The zero-order chi connectivity index (χ0) is 37.6. The summed E-state index contributed by atoms with van der Waals surface area (Å²) < 4.78 is 55.6. The molecule has 1 N–H and O–H groups in total. The van der Waals surface area contributed by atoms with Gasteiger partial charge in [-0.05, 0) is 61.4 Å². The number of aromatic hydroxyl groups is 1. The van der Waals surface area contributed by atoms with Gasteiger partial charge in [-0.25, -0.2) is 13.2 Å². The fourth-order valence-electron chi connectivity index (χ4n) is 9.58. The van der Waals surface area contributed by atoms with Crippen LogP contribution in [0.2, 0.25) is 0 Å². The number of likely N-dealkylation sites (N-methyl/N-ethyl adjacent to an activating group) is 1. The number of phenolic OH excluding ortho intramolecular Hbond substituents is 1. The highest BCUT2D eigenvalue weighted by atomic mass is 19.1. The van der Waals surface area contributed by atoms with Crippen LogP contribution in [0.1, 0.15) is 37.7 Å². The van der Waals surface area contributed by atoms with Crippen molar-refractivity contribution < 1.29 is 27.8 Å². The smallest absolute Gasteiger partial charge is 0.319 e. The Hall–Kier alpha value is -5.13. The second-order valence-corrected chi connectivity index (χ2v) is 15.6. The number of anilines is 1. The fourth-order valence-corrected chi connectivity index (χ4v) is 9.58. The van der Waals surface area contributed by atoms with Gasteiger partial charge in [0.1, 0.15) is 41.2 Å². The predicted molar refractivity (Wildman–Crippen MR) is 199 cm³/mol. The maximum Gasteiger partial charge on any atom is 0.319 e. The van der Waals surface area contributed by atoms with Crippen LogP contribution in [-0.4, -0.2) is 123 Å². The van der Waals surface area contributed by atoms with Crippen molar-refractivity contribution in [3.8, 4) is 35.2 Å². The van der Waals surface area contributed by atoms with Crippen LogP contribution in [0.4, 0.5) is 19.0 Å². The lowest BCUT2D eigenvalue weighted by Gasteiger charge is -2.41. The molecular weight excluding hydrogens is 697 g/mol. The number of alkyl halides is 1. The van der Waals surface area contributed by atoms with Gasteiger partial charge in [-0.3, -0.25) is 19.3 Å². The molecule has 0 aliphatic carbocycles. The van der Waals surface area contributed by atoms with Gasteiger partial charge in [0.25, 0.3) is 0 Å². The number of fused-ring (bicyclic) bond motifs is 7. The summed E-state index contributed by atoms with van der Waals surface area (Å²) in [5, 5.41) is 17.3. The molecule has 0 radical (unpaired) electrons. The van der Waals surface area contributed by atoms with Crippen molar-refractivity contribution in [2.24, 2.45) is 7.05 Å². The highest BCUT2D eigenvalue weighted by Crippen LogP contribution is 2.46. The minimum Gasteiger partial charge on any atom is -0.508 e. The van der Waals surface area contributed by atoms with Crippen LogP contribution in [0.3, 0.4) is 0 Å². The van der Waals surface area contributed by atoms with Crippen molar-refractivity contribution in [2.75, 3.05) is 58.3 Å². The quantitative estimate of drug-likeness (QED) is 0.231. The first-order chi connectivity index (χ1) is 25.9. The van der Waals surface area contributed by atoms with E-state index in [1.165, 1.54) is 24.3 Å². The number of amides is 1. The van der Waals surface area contributed by atoms with E-state index in [1.807, 2.05) is 0 Å². The lowest BCUT2D eigenvalue weighted by molar-refractivity contribution is -0.130. The summed E-state index contributed by atoms with van der Waals surface area (Å²) in [6.45, 7) is 2.67. The van der Waals surface area contributed by atoms with Gasteiger partial charge >= 0.3 is 6.01 Å². The minimum atomic E-state index is -0.957. The van der Waals surface area contributed by atoms with Crippen LogP contribution in [0.5, 0.6) is 11.8 Å². The molecule has 5 aromatic rings. The van der Waals surface area contributed by atoms with Crippen LogP contribution in [0, 0.1) is 24.0 Å². The molecular formula is C40H41F3N8O3. The fraction of sp³-hybridized carbons (Fsp3) is 0.450. The van der Waals surface area contributed by atoms with Gasteiger partial charge in [0.15, 0.2) is 5.82 Å². The van der Waals surface area contributed by atoms with E-state index in [1.54, 1.807) is 36.9 Å². The summed E-state index contributed by atoms with van der Waals surface area (Å²) in [4.78, 5) is 30.6. The minimum absolute atomic E-state index is 0.000382. The third-order valence-corrected chi connectivity index (χ3v) is 12.1. The average molecular weight is 739 g/mol. The van der Waals surface area contributed by atoms with Gasteiger partial charge < -0.3 is 19.6 Å². The Kier molecular flexibility index (Phi) is 8.17. The summed E-state index contributed by atoms with van der Waals surface area (Å²) in [5.41, 5.74) is -0.161. The maximum atomic E-state index is 17.7. The number of phenols is 1. The number of nitrogens with zero attached hydrogens (tertiary/aromatic N) is 8. The van der Waals surface area contributed by atoms with Crippen molar-refractivity contribution in [1.29, 1.82) is 0 Å². The summed E-state index contributed by atoms with van der Waals surface area (Å²) in [7, 11) is 5.24. The molecule has 0 spiro atoms. The molecule has 6 heterocycles. The third-order valence-electron chi connectivity index (χ3n) is 12.1. The van der Waals surface area contributed by atoms with Crippen molar-refractivity contribution in [1.82, 2.24) is 34.4 Å². The molecule has 54 heavy (non-hydrogen) atoms. The first-order valence-corrected chi connectivity index (χ1v) is 18.5. The Morgan fingerprint density at radius 2 is 1.89 bits per heavy atom. The molecule has 4 aliphatic rings. The molecule has 0 unspecified atom stereocenters. The van der Waals surface area contributed by atoms with Gasteiger partial charge in [-0.15, -0.1) is 6.42 Å². The number of hydrogen-bond donors (Lipinski definition) is 1. The van der Waals surface area contributed by atoms with E-state index >= 15 is 8.78 Å². The van der Waals surface area contributed by atoms with E-state index < -0.39 is 23.3 Å². The number of ether oxygens (including phenoxy) is 1. The summed E-state index contributed by atoms with van der Waals surface area (Å²) in [6.07, 6.45) is 10.5. The number of rotatable bonds is 7. The summed E-state index contributed by atoms with van der Waals surface area (Å²) in [5.74, 6) is 1.36. The second-order valence-electron chi connectivity index (χ2n) is 15.6. The van der Waals surface area contributed by atoms with Crippen LogP contribution >= 0.6 is 0 Å². The number of aryl methyl sites for hydroxylation is 1. The molecule has 0 saturated carbocycles. The van der Waals surface area contributed by atoms with E-state index in [9.17, 15) is 14.3 Å². The number of terminal acetylenes is 1. The molecule has 4 saturated heterocycles. The van der Waals surface area contributed by atoms with Gasteiger partial charge in [0, 0.05) is 81.8 Å². The second kappa shape index (κ2) is 12.7. The summed E-state index contributed by atoms with van der Waals surface area (Å²) >= 11 is 0. The highest BCUT2D eigenvalue weighted by molar-refractivity contribution is 6.18. The van der Waals surface area contributed by atoms with Gasteiger partial charge in [0.05, 0.1) is 23.0 Å². The Bertz CT molecular complexity index is 2400. The van der Waals surface area contributed by atoms with Crippen molar-refractivity contribution in [3.63, 3.8) is 0 Å². The van der Waals surface area contributed by atoms with Gasteiger partial charge in [-0.2, -0.15) is 15.1 Å². The average Bonchev–Trinajstić information content (AvgIpc) is 3.85. The molecule has 1 amide bonds. The van der Waals surface area contributed by atoms with Gasteiger partial charge in [-0.1, -0.05) is 12.0 Å². The van der Waals surface area contributed by atoms with E-state index in [0.29, 0.717) is 54.6 Å². The Balaban J connectivity index is 1.24. The molecule has 4 aliphatic heterocycles. The third kappa shape index (κ3) is 5.42. The number of aromatic nitrogens is 4. The zero-order valence-electron chi connectivity index (χ0n) is 30.4. The molecule has 4 atom stereocenters. The monoisotopic (exact) mass is 738 g/mol. The van der Waals surface area contributed by atoms with E-state index in [-0.39, 0.29) is 69.5 Å². The number of carbonyl (C=O) groups excluding carboxylic acids is 1. The molecule has 2 aromatic heterocycles. The molecule has 11 nitrogen and oxygen atoms in total. The normalized spacial score (nSPS) is 24.2. The topological polar surface area (TPSA) is 103 Å². The van der Waals surface area contributed by atoms with E-state index in [4.69, 9.17) is 26.2 Å². The SMILES string of the molecule is C#Cc1c(F)ccc2cc(O)cc(-c3c(F)c4nc(OC[C@@]56CCCN5C[C@H](F)C6)nc(N5C[C@H]6CC[C@@H](C5)N6CC(=O)N(C)C)c4c4cn(C)nc34)c12. The van der Waals surface area contributed by atoms with Gasteiger partial charge in [0.2, 0.25) is 5.91 Å². The summed E-state index contributed by atoms with van der Waals surface area (Å²) in [6, 6.07) is 5.63. The number of benzene rings is 3.